The summed E-state index contributed by atoms with van der Waals surface area (Å²) in [6.45, 7) is 4.81. The zero-order valence-corrected chi connectivity index (χ0v) is 41.4. The molecular formula is C52H66N8O13. The number of ether oxygens (including phenoxy) is 4. The lowest BCUT2D eigenvalue weighted by Crippen LogP contribution is -2.46. The normalized spacial score (nSPS) is 18.3. The summed E-state index contributed by atoms with van der Waals surface area (Å²) in [4.78, 5) is 99.8. The molecule has 2 aliphatic heterocycles. The topological polar surface area (TPSA) is 283 Å². The number of nitrogens with two attached hydrogens (primary N) is 1. The van der Waals surface area contributed by atoms with Crippen molar-refractivity contribution >= 4 is 58.0 Å². The number of carboxylic acid groups (broad SMARTS) is 1. The standard InChI is InChI=1S/C52H66N8O13/c1-32(39(12-15-44(53)61)55-49(65)37-28-36-17-20-59-21-18-40(56-51(67)68)48(64)38(29-37)47(36)59)73-30-35-9-7-33(8-10-35)5-3-19-54-46(63)31-72-26-25-71-24-23-70-22-4-6-34-11-13-41-43(27-34)58(2)52(69)60(41)42-14-16-45(62)57-50(42)66/h7-11,13,17,20,27,29,32,37,39-40,42,56H,3-6,12,14-16,18-19,21-26,28,30-31H2,1-2H3,(H2,53,61)(H,54,63)(H,55,65)(H,67,68)(H,57,62,66)/t32?,37-,39?,40-,42?/m0/s1. The highest BCUT2D eigenvalue weighted by Crippen LogP contribution is 2.35. The predicted octanol–water partition coefficient (Wildman–Crippen LogP) is 2.37. The van der Waals surface area contributed by atoms with Gasteiger partial charge in [0.05, 0.1) is 73.9 Å². The number of amides is 6. The molecule has 21 nitrogen and oxygen atoms in total. The van der Waals surface area contributed by atoms with Gasteiger partial charge in [0.1, 0.15) is 12.6 Å². The molecule has 5 atom stereocenters. The molecule has 3 unspecified atom stereocenters. The van der Waals surface area contributed by atoms with Crippen molar-refractivity contribution in [1.29, 1.82) is 0 Å². The zero-order valence-electron chi connectivity index (χ0n) is 41.4. The summed E-state index contributed by atoms with van der Waals surface area (Å²) in [5.41, 5.74) is 11.4. The number of piperidine rings is 1. The summed E-state index contributed by atoms with van der Waals surface area (Å²) < 4.78 is 27.9. The van der Waals surface area contributed by atoms with Crippen LogP contribution in [0.2, 0.25) is 0 Å². The highest BCUT2D eigenvalue weighted by atomic mass is 16.5. The van der Waals surface area contributed by atoms with E-state index in [2.05, 4.69) is 21.3 Å². The van der Waals surface area contributed by atoms with Crippen molar-refractivity contribution in [2.75, 3.05) is 46.2 Å². The van der Waals surface area contributed by atoms with Gasteiger partial charge in [0.15, 0.2) is 5.78 Å². The Morgan fingerprint density at radius 2 is 1.59 bits per heavy atom. The van der Waals surface area contributed by atoms with Gasteiger partial charge < -0.3 is 50.3 Å². The van der Waals surface area contributed by atoms with Gasteiger partial charge in [0, 0.05) is 51.4 Å². The van der Waals surface area contributed by atoms with Crippen LogP contribution < -0.4 is 32.7 Å². The number of carbonyl (C=O) groups is 7. The Morgan fingerprint density at radius 1 is 0.877 bits per heavy atom. The second kappa shape index (κ2) is 25.6. The molecule has 6 amide bonds. The fourth-order valence-electron chi connectivity index (χ4n) is 9.52. The Labute approximate surface area is 422 Å². The van der Waals surface area contributed by atoms with E-state index in [1.807, 2.05) is 66.2 Å². The number of primary amides is 1. The number of aromatic nitrogens is 3. The molecule has 1 aliphatic carbocycles. The number of fused-ring (bicyclic) bond motifs is 1. The third-order valence-electron chi connectivity index (χ3n) is 13.5. The van der Waals surface area contributed by atoms with Gasteiger partial charge in [0.2, 0.25) is 29.5 Å². The lowest BCUT2D eigenvalue weighted by Gasteiger charge is -2.28. The first-order chi connectivity index (χ1) is 35.2. The largest absolute Gasteiger partial charge is 0.465 e. The summed E-state index contributed by atoms with van der Waals surface area (Å²) in [5, 5.41) is 19.9. The first-order valence-electron chi connectivity index (χ1n) is 24.9. The molecule has 4 aromatic rings. The second-order valence-electron chi connectivity index (χ2n) is 18.7. The molecule has 0 saturated carbocycles. The molecule has 0 bridgehead atoms. The molecule has 21 heteroatoms. The van der Waals surface area contributed by atoms with Crippen molar-refractivity contribution in [3.05, 3.63) is 99.2 Å². The summed E-state index contributed by atoms with van der Waals surface area (Å²) in [6.07, 6.45) is 6.02. The van der Waals surface area contributed by atoms with Gasteiger partial charge in [-0.2, -0.15) is 0 Å². The first-order valence-corrected chi connectivity index (χ1v) is 24.9. The maximum atomic E-state index is 13.8. The van der Waals surface area contributed by atoms with E-state index in [9.17, 15) is 43.5 Å². The van der Waals surface area contributed by atoms with Crippen molar-refractivity contribution in [2.24, 2.45) is 18.7 Å². The number of hydrogen-bond acceptors (Lipinski definition) is 12. The van der Waals surface area contributed by atoms with Crippen LogP contribution in [0.15, 0.2) is 65.6 Å². The van der Waals surface area contributed by atoms with Crippen LogP contribution in [0.5, 0.6) is 0 Å². The number of nitrogens with one attached hydrogen (secondary N) is 4. The van der Waals surface area contributed by atoms with E-state index < -0.39 is 48.1 Å². The molecule has 0 spiro atoms. The molecule has 1 saturated heterocycles. The van der Waals surface area contributed by atoms with Gasteiger partial charge in [-0.3, -0.25) is 43.2 Å². The van der Waals surface area contributed by atoms with Gasteiger partial charge in [-0.1, -0.05) is 36.4 Å². The van der Waals surface area contributed by atoms with Crippen LogP contribution in [-0.2, 0) is 87.2 Å². The van der Waals surface area contributed by atoms with E-state index in [1.165, 1.54) is 9.13 Å². The minimum atomic E-state index is -1.29. The molecule has 7 N–H and O–H groups in total. The van der Waals surface area contributed by atoms with E-state index in [-0.39, 0.29) is 81.1 Å². The number of carbonyl (C=O) groups excluding carboxylic acids is 6. The average Bonchev–Trinajstić information content (AvgIpc) is 3.85. The van der Waals surface area contributed by atoms with Crippen LogP contribution >= 0.6 is 0 Å². The number of ketones is 1. The third-order valence-corrected chi connectivity index (χ3v) is 13.5. The molecule has 2 aromatic heterocycles. The van der Waals surface area contributed by atoms with Crippen molar-refractivity contribution in [1.82, 2.24) is 35.0 Å². The number of nitrogens with zero attached hydrogens (tertiary/aromatic N) is 3. The maximum absolute atomic E-state index is 13.8. The molecule has 2 aromatic carbocycles. The SMILES string of the molecule is CC(OCc1ccc(CCCNC(=O)COCCOCCOCCCc2ccc3c(c2)n(C)c(=O)n3C2CCC(=O)NC2=O)cc1)C(CCC(N)=O)NC(=O)[C@@H]1C=C2C(=O)[C@@H](NC(=O)O)CCn3ccc(c32)C1. The lowest BCUT2D eigenvalue weighted by atomic mass is 9.85. The van der Waals surface area contributed by atoms with Gasteiger partial charge >= 0.3 is 11.8 Å². The maximum Gasteiger partial charge on any atom is 0.405 e. The van der Waals surface area contributed by atoms with Crippen molar-refractivity contribution in [3.8, 4) is 0 Å². The Kier molecular flexibility index (Phi) is 18.9. The highest BCUT2D eigenvalue weighted by molar-refractivity contribution is 6.24. The van der Waals surface area contributed by atoms with E-state index >= 15 is 0 Å². The quantitative estimate of drug-likeness (QED) is 0.0370. The summed E-state index contributed by atoms with van der Waals surface area (Å²) >= 11 is 0. The van der Waals surface area contributed by atoms with Crippen LogP contribution in [0.25, 0.3) is 16.6 Å². The van der Waals surface area contributed by atoms with Crippen molar-refractivity contribution in [2.45, 2.75) is 109 Å². The van der Waals surface area contributed by atoms with Crippen LogP contribution in [0.3, 0.4) is 0 Å². The van der Waals surface area contributed by atoms with Gasteiger partial charge in [-0.25, -0.2) is 9.59 Å². The summed E-state index contributed by atoms with van der Waals surface area (Å²) in [6, 6.07) is 13.3. The van der Waals surface area contributed by atoms with Crippen LogP contribution in [0, 0.1) is 5.92 Å². The van der Waals surface area contributed by atoms with E-state index in [0.717, 1.165) is 53.5 Å². The molecule has 3 aliphatic rings. The highest BCUT2D eigenvalue weighted by Gasteiger charge is 2.37. The summed E-state index contributed by atoms with van der Waals surface area (Å²) in [5.74, 6) is -2.94. The minimum absolute atomic E-state index is 0.0278. The van der Waals surface area contributed by atoms with Gasteiger partial charge in [0.25, 0.3) is 0 Å². The molecule has 392 valence electrons. The predicted molar refractivity (Wildman–Crippen MR) is 266 cm³/mol. The Bertz CT molecular complexity index is 2740. The number of aryl methyl sites for hydroxylation is 4. The Hall–Kier alpha value is -6.94. The number of imide groups is 1. The van der Waals surface area contributed by atoms with E-state index in [0.29, 0.717) is 62.7 Å². The molecule has 0 radical (unpaired) electrons. The molecule has 73 heavy (non-hydrogen) atoms. The lowest BCUT2D eigenvalue weighted by molar-refractivity contribution is -0.136. The van der Waals surface area contributed by atoms with E-state index in [4.69, 9.17) is 24.7 Å². The van der Waals surface area contributed by atoms with Crippen LogP contribution in [-0.4, -0.2) is 125 Å². The van der Waals surface area contributed by atoms with Crippen molar-refractivity contribution < 1.29 is 57.6 Å². The van der Waals surface area contributed by atoms with E-state index in [1.54, 1.807) is 13.1 Å². The zero-order chi connectivity index (χ0) is 52.0. The number of Topliss-reactive ketones (excluding diaryl/α,β-unsaturated/α-hetero) is 1. The number of rotatable bonds is 27. The number of hydrogen-bond donors (Lipinski definition) is 6. The smallest absolute Gasteiger partial charge is 0.405 e. The summed E-state index contributed by atoms with van der Waals surface area (Å²) in [7, 11) is 1.67. The Morgan fingerprint density at radius 3 is 2.33 bits per heavy atom. The fourth-order valence-corrected chi connectivity index (χ4v) is 9.52. The molecule has 7 rings (SSSR count). The van der Waals surface area contributed by atoms with Crippen LogP contribution in [0.4, 0.5) is 4.79 Å². The Balaban J connectivity index is 0.731. The van der Waals surface area contributed by atoms with Gasteiger partial charge in [-0.05, 0) is 98.7 Å². The first kappa shape index (κ1) is 53.8. The second-order valence-corrected chi connectivity index (χ2v) is 18.7. The van der Waals surface area contributed by atoms with Crippen molar-refractivity contribution in [3.63, 3.8) is 0 Å². The molecule has 4 heterocycles. The minimum Gasteiger partial charge on any atom is -0.465 e. The number of benzene rings is 2. The molecular weight excluding hydrogens is 945 g/mol. The average molecular weight is 1010 g/mol. The van der Waals surface area contributed by atoms with Crippen LogP contribution in [0.1, 0.15) is 85.9 Å². The third kappa shape index (κ3) is 14.4. The fraction of sp³-hybridized carbons (Fsp3) is 0.500. The number of imidazole rings is 1. The van der Waals surface area contributed by atoms with Gasteiger partial charge in [-0.15, -0.1) is 0 Å². The molecule has 1 fully saturated rings. The monoisotopic (exact) mass is 1010 g/mol.